The molecule has 3 rings (SSSR count). The molecule has 1 N–H and O–H groups in total. The van der Waals surface area contributed by atoms with Gasteiger partial charge >= 0.3 is 0 Å². The SMILES string of the molecule is CC[C@@H](C(=O)NC(C)(C)C)N(CCc1ccccc1)C(=O)CN(c1ccc(C)c(C)c1)S(=O)(=O)c1ccc(Cl)cc1. The third-order valence-electron chi connectivity index (χ3n) is 6.83. The summed E-state index contributed by atoms with van der Waals surface area (Å²) in [6.07, 6.45) is 0.884. The molecule has 3 aromatic rings. The second kappa shape index (κ2) is 13.5. The average molecular weight is 598 g/mol. The molecule has 0 heterocycles. The molecule has 2 amide bonds. The van der Waals surface area contributed by atoms with E-state index in [9.17, 15) is 18.0 Å². The summed E-state index contributed by atoms with van der Waals surface area (Å²) in [5.74, 6) is -0.743. The number of carbonyl (C=O) groups is 2. The lowest BCUT2D eigenvalue weighted by molar-refractivity contribution is -0.140. The Hall–Kier alpha value is -3.36. The number of halogens is 1. The van der Waals surface area contributed by atoms with Crippen LogP contribution in [0, 0.1) is 13.8 Å². The Balaban J connectivity index is 2.04. The van der Waals surface area contributed by atoms with E-state index in [1.165, 1.54) is 29.2 Å². The Morgan fingerprint density at radius 2 is 1.56 bits per heavy atom. The van der Waals surface area contributed by atoms with Crippen LogP contribution in [0.3, 0.4) is 0 Å². The minimum atomic E-state index is -4.15. The zero-order chi connectivity index (χ0) is 30.4. The lowest BCUT2D eigenvalue weighted by Crippen LogP contribution is -2.56. The summed E-state index contributed by atoms with van der Waals surface area (Å²) in [6, 6.07) is 20.1. The lowest BCUT2D eigenvalue weighted by atomic mass is 10.1. The van der Waals surface area contributed by atoms with E-state index in [0.29, 0.717) is 23.6 Å². The van der Waals surface area contributed by atoms with Crippen molar-refractivity contribution in [2.24, 2.45) is 0 Å². The highest BCUT2D eigenvalue weighted by atomic mass is 35.5. The fourth-order valence-electron chi connectivity index (χ4n) is 4.49. The van der Waals surface area contributed by atoms with Gasteiger partial charge in [-0.3, -0.25) is 13.9 Å². The molecule has 0 radical (unpaired) electrons. The van der Waals surface area contributed by atoms with Gasteiger partial charge in [0.1, 0.15) is 12.6 Å². The van der Waals surface area contributed by atoms with E-state index in [0.717, 1.165) is 21.0 Å². The van der Waals surface area contributed by atoms with Gasteiger partial charge in [0.05, 0.1) is 10.6 Å². The molecule has 1 atom stereocenters. The van der Waals surface area contributed by atoms with Crippen LogP contribution in [-0.2, 0) is 26.0 Å². The van der Waals surface area contributed by atoms with Gasteiger partial charge < -0.3 is 10.2 Å². The first kappa shape index (κ1) is 32.2. The Morgan fingerprint density at radius 1 is 0.927 bits per heavy atom. The molecule has 220 valence electrons. The van der Waals surface area contributed by atoms with Crippen molar-refractivity contribution < 1.29 is 18.0 Å². The van der Waals surface area contributed by atoms with Gasteiger partial charge in [-0.2, -0.15) is 0 Å². The molecule has 0 aliphatic heterocycles. The second-order valence-electron chi connectivity index (χ2n) is 11.2. The Bertz CT molecular complexity index is 1450. The zero-order valence-electron chi connectivity index (χ0n) is 24.6. The van der Waals surface area contributed by atoms with Gasteiger partial charge in [0.15, 0.2) is 0 Å². The van der Waals surface area contributed by atoms with E-state index in [1.54, 1.807) is 12.1 Å². The summed E-state index contributed by atoms with van der Waals surface area (Å²) in [6.45, 7) is 11.1. The zero-order valence-corrected chi connectivity index (χ0v) is 26.2. The molecule has 41 heavy (non-hydrogen) atoms. The molecule has 0 saturated heterocycles. The van der Waals surface area contributed by atoms with Crippen LogP contribution in [0.15, 0.2) is 77.7 Å². The summed E-state index contributed by atoms with van der Waals surface area (Å²) in [5, 5.41) is 3.39. The molecule has 0 spiro atoms. The molecule has 0 aromatic heterocycles. The predicted molar refractivity (Wildman–Crippen MR) is 166 cm³/mol. The molecule has 3 aromatic carbocycles. The van der Waals surface area contributed by atoms with Crippen LogP contribution in [0.5, 0.6) is 0 Å². The van der Waals surface area contributed by atoms with E-state index in [2.05, 4.69) is 5.32 Å². The maximum atomic E-state index is 14.1. The molecule has 9 heteroatoms. The summed E-state index contributed by atoms with van der Waals surface area (Å²) < 4.78 is 29.1. The minimum absolute atomic E-state index is 0.0151. The number of nitrogens with zero attached hydrogens (tertiary/aromatic N) is 2. The Labute approximate surface area is 249 Å². The fraction of sp³-hybridized carbons (Fsp3) is 0.375. The first-order valence-electron chi connectivity index (χ1n) is 13.7. The third kappa shape index (κ3) is 8.57. The highest BCUT2D eigenvalue weighted by molar-refractivity contribution is 7.92. The highest BCUT2D eigenvalue weighted by Gasteiger charge is 2.34. The number of benzene rings is 3. The van der Waals surface area contributed by atoms with Gasteiger partial charge in [-0.05, 0) is 101 Å². The molecular formula is C32H40ClN3O4S. The van der Waals surface area contributed by atoms with Gasteiger partial charge in [0.2, 0.25) is 11.8 Å². The molecule has 0 aliphatic rings. The summed E-state index contributed by atoms with van der Waals surface area (Å²) in [4.78, 5) is 29.0. The van der Waals surface area contributed by atoms with Crippen molar-refractivity contribution >= 4 is 39.1 Å². The maximum absolute atomic E-state index is 14.1. The topological polar surface area (TPSA) is 86.8 Å². The van der Waals surface area contributed by atoms with Crippen molar-refractivity contribution in [3.63, 3.8) is 0 Å². The monoisotopic (exact) mass is 597 g/mol. The quantitative estimate of drug-likeness (QED) is 0.297. The predicted octanol–water partition coefficient (Wildman–Crippen LogP) is 5.92. The first-order chi connectivity index (χ1) is 19.2. The van der Waals surface area contributed by atoms with Crippen LogP contribution in [0.2, 0.25) is 5.02 Å². The number of rotatable bonds is 11. The van der Waals surface area contributed by atoms with Crippen molar-refractivity contribution in [1.82, 2.24) is 10.2 Å². The lowest BCUT2D eigenvalue weighted by Gasteiger charge is -2.35. The van der Waals surface area contributed by atoms with E-state index in [1.807, 2.05) is 77.9 Å². The van der Waals surface area contributed by atoms with Crippen LogP contribution in [0.4, 0.5) is 5.69 Å². The average Bonchev–Trinajstić information content (AvgIpc) is 2.90. The number of carbonyl (C=O) groups excluding carboxylic acids is 2. The Kier molecular flexibility index (Phi) is 10.6. The van der Waals surface area contributed by atoms with Crippen molar-refractivity contribution in [2.45, 2.75) is 70.9 Å². The van der Waals surface area contributed by atoms with E-state index >= 15 is 0 Å². The summed E-state index contributed by atoms with van der Waals surface area (Å²) in [7, 11) is -4.15. The largest absolute Gasteiger partial charge is 0.350 e. The number of anilines is 1. The van der Waals surface area contributed by atoms with Crippen molar-refractivity contribution in [2.75, 3.05) is 17.4 Å². The van der Waals surface area contributed by atoms with Crippen LogP contribution >= 0.6 is 11.6 Å². The van der Waals surface area contributed by atoms with Crippen LogP contribution in [0.1, 0.15) is 50.8 Å². The normalized spacial score (nSPS) is 12.5. The van der Waals surface area contributed by atoms with Crippen LogP contribution in [-0.4, -0.2) is 49.8 Å². The number of nitrogens with one attached hydrogen (secondary N) is 1. The Morgan fingerprint density at radius 3 is 2.12 bits per heavy atom. The van der Waals surface area contributed by atoms with E-state index < -0.39 is 34.1 Å². The summed E-state index contributed by atoms with van der Waals surface area (Å²) >= 11 is 6.03. The van der Waals surface area contributed by atoms with Gasteiger partial charge in [-0.1, -0.05) is 54.9 Å². The van der Waals surface area contributed by atoms with Crippen molar-refractivity contribution in [3.8, 4) is 0 Å². The van der Waals surface area contributed by atoms with E-state index in [4.69, 9.17) is 11.6 Å². The molecule has 0 fully saturated rings. The molecule has 0 unspecified atom stereocenters. The standard InChI is InChI=1S/C32H40ClN3O4S/c1-7-29(31(38)34-32(4,5)6)35(20-19-25-11-9-8-10-12-25)30(37)22-36(27-16-13-23(2)24(3)21-27)41(39,40)28-17-14-26(33)15-18-28/h8-18,21,29H,7,19-20,22H2,1-6H3,(H,34,38)/t29-/m0/s1. The molecule has 0 aliphatic carbocycles. The first-order valence-corrected chi connectivity index (χ1v) is 15.6. The smallest absolute Gasteiger partial charge is 0.264 e. The van der Waals surface area contributed by atoms with Crippen molar-refractivity contribution in [1.29, 1.82) is 0 Å². The third-order valence-corrected chi connectivity index (χ3v) is 8.87. The van der Waals surface area contributed by atoms with Crippen LogP contribution in [0.25, 0.3) is 0 Å². The molecule has 0 saturated carbocycles. The fourth-order valence-corrected chi connectivity index (χ4v) is 6.02. The van der Waals surface area contributed by atoms with Crippen LogP contribution < -0.4 is 9.62 Å². The van der Waals surface area contributed by atoms with Gasteiger partial charge in [0.25, 0.3) is 10.0 Å². The number of amides is 2. The molecule has 7 nitrogen and oxygen atoms in total. The second-order valence-corrected chi connectivity index (χ2v) is 13.5. The maximum Gasteiger partial charge on any atom is 0.264 e. The van der Waals surface area contributed by atoms with Gasteiger partial charge in [-0.25, -0.2) is 8.42 Å². The number of sulfonamides is 1. The van der Waals surface area contributed by atoms with E-state index in [-0.39, 0.29) is 17.3 Å². The number of aryl methyl sites for hydroxylation is 2. The number of hydrogen-bond donors (Lipinski definition) is 1. The summed E-state index contributed by atoms with van der Waals surface area (Å²) in [5.41, 5.74) is 2.77. The minimum Gasteiger partial charge on any atom is -0.350 e. The molecule has 0 bridgehead atoms. The van der Waals surface area contributed by atoms with Gasteiger partial charge in [-0.15, -0.1) is 0 Å². The molecular weight excluding hydrogens is 558 g/mol. The number of hydrogen-bond acceptors (Lipinski definition) is 4. The highest BCUT2D eigenvalue weighted by Crippen LogP contribution is 2.27. The van der Waals surface area contributed by atoms with Gasteiger partial charge in [0, 0.05) is 17.1 Å². The van der Waals surface area contributed by atoms with Crippen molar-refractivity contribution in [3.05, 3.63) is 94.5 Å².